The number of amides is 3. The van der Waals surface area contributed by atoms with Crippen molar-refractivity contribution >= 4 is 45.0 Å². The lowest BCUT2D eigenvalue weighted by molar-refractivity contribution is 0.0794. The smallest absolute Gasteiger partial charge is 0.319 e. The number of fused-ring (bicyclic) bond motifs is 1. The molecular weight excluding hydrogens is 653 g/mol. The SMILES string of the molecule is CCC(CC)NC(=O)Nc1ccc(Oc2cnc(NC(=O)c3ccc(-n4cc(CN5CCC(O)CC5)c5ccccc54)cc3)s2)c(CCO)c1. The first kappa shape index (κ1) is 35.1. The van der Waals surface area contributed by atoms with Gasteiger partial charge in [0.2, 0.25) is 5.06 Å². The number of benzene rings is 3. The second-order valence-electron chi connectivity index (χ2n) is 12.5. The highest BCUT2D eigenvalue weighted by Crippen LogP contribution is 2.34. The van der Waals surface area contributed by atoms with Crippen LogP contribution in [0.4, 0.5) is 15.6 Å². The van der Waals surface area contributed by atoms with Gasteiger partial charge < -0.3 is 30.2 Å². The molecule has 5 N–H and O–H groups in total. The second-order valence-corrected chi connectivity index (χ2v) is 13.5. The molecular formula is C38H44N6O5S. The molecule has 1 fully saturated rings. The number of nitrogens with one attached hydrogen (secondary N) is 3. The van der Waals surface area contributed by atoms with Crippen molar-refractivity contribution in [1.29, 1.82) is 0 Å². The number of likely N-dealkylation sites (tertiary alicyclic amines) is 1. The predicted molar refractivity (Wildman–Crippen MR) is 198 cm³/mol. The molecule has 3 heterocycles. The van der Waals surface area contributed by atoms with Crippen LogP contribution in [0, 0.1) is 0 Å². The molecule has 0 spiro atoms. The number of urea groups is 1. The van der Waals surface area contributed by atoms with Crippen molar-refractivity contribution in [3.05, 3.63) is 95.8 Å². The molecule has 3 amide bonds. The largest absolute Gasteiger partial charge is 0.445 e. The molecule has 50 heavy (non-hydrogen) atoms. The van der Waals surface area contributed by atoms with Crippen LogP contribution in [0.5, 0.6) is 10.8 Å². The number of aliphatic hydroxyl groups excluding tert-OH is 2. The van der Waals surface area contributed by atoms with Crippen molar-refractivity contribution < 1.29 is 24.5 Å². The first-order valence-electron chi connectivity index (χ1n) is 17.2. The number of aromatic nitrogens is 2. The van der Waals surface area contributed by atoms with Gasteiger partial charge in [0.1, 0.15) is 5.75 Å². The Morgan fingerprint density at radius 2 is 1.76 bits per heavy atom. The van der Waals surface area contributed by atoms with Gasteiger partial charge >= 0.3 is 6.03 Å². The summed E-state index contributed by atoms with van der Waals surface area (Å²) in [6.45, 7) is 6.55. The summed E-state index contributed by atoms with van der Waals surface area (Å²) in [5.74, 6) is 0.239. The van der Waals surface area contributed by atoms with Gasteiger partial charge in [0.15, 0.2) is 5.13 Å². The normalized spacial score (nSPS) is 13.9. The average Bonchev–Trinajstić information content (AvgIpc) is 3.73. The van der Waals surface area contributed by atoms with Crippen molar-refractivity contribution in [2.24, 2.45) is 0 Å². The Balaban J connectivity index is 1.09. The summed E-state index contributed by atoms with van der Waals surface area (Å²) in [6.07, 6.45) is 7.14. The van der Waals surface area contributed by atoms with Crippen molar-refractivity contribution in [2.75, 3.05) is 30.3 Å². The quantitative estimate of drug-likeness (QED) is 0.0899. The third-order valence-electron chi connectivity index (χ3n) is 9.09. The lowest BCUT2D eigenvalue weighted by atomic mass is 10.1. The van der Waals surface area contributed by atoms with E-state index in [0.29, 0.717) is 33.6 Å². The van der Waals surface area contributed by atoms with Gasteiger partial charge in [0.05, 0.1) is 17.8 Å². The number of rotatable bonds is 13. The summed E-state index contributed by atoms with van der Waals surface area (Å²) in [7, 11) is 0. The minimum Gasteiger partial charge on any atom is -0.445 e. The van der Waals surface area contributed by atoms with Gasteiger partial charge in [0, 0.05) is 60.8 Å². The number of anilines is 2. The summed E-state index contributed by atoms with van der Waals surface area (Å²) in [5.41, 5.74) is 5.10. The molecule has 262 valence electrons. The molecule has 0 unspecified atom stereocenters. The van der Waals surface area contributed by atoms with Crippen molar-refractivity contribution in [2.45, 2.75) is 64.6 Å². The van der Waals surface area contributed by atoms with Crippen LogP contribution in [0.15, 0.2) is 79.1 Å². The fourth-order valence-electron chi connectivity index (χ4n) is 6.24. The van der Waals surface area contributed by atoms with E-state index in [2.05, 4.69) is 54.8 Å². The van der Waals surface area contributed by atoms with E-state index in [1.807, 2.05) is 32.0 Å². The monoisotopic (exact) mass is 696 g/mol. The molecule has 1 aliphatic rings. The van der Waals surface area contributed by atoms with Crippen LogP contribution in [0.1, 0.15) is 61.0 Å². The summed E-state index contributed by atoms with van der Waals surface area (Å²) < 4.78 is 8.25. The molecule has 3 aromatic carbocycles. The number of thiazole rings is 1. The third-order valence-corrected chi connectivity index (χ3v) is 9.88. The zero-order valence-electron chi connectivity index (χ0n) is 28.4. The van der Waals surface area contributed by atoms with E-state index >= 15 is 0 Å². The maximum absolute atomic E-state index is 13.2. The van der Waals surface area contributed by atoms with Crippen LogP contribution >= 0.6 is 11.3 Å². The van der Waals surface area contributed by atoms with E-state index in [4.69, 9.17) is 4.74 Å². The fraction of sp³-hybridized carbons (Fsp3) is 0.342. The van der Waals surface area contributed by atoms with Crippen LogP contribution in [0.3, 0.4) is 0 Å². The number of para-hydroxylation sites is 1. The maximum Gasteiger partial charge on any atom is 0.319 e. The highest BCUT2D eigenvalue weighted by molar-refractivity contribution is 7.17. The first-order chi connectivity index (χ1) is 24.3. The zero-order valence-corrected chi connectivity index (χ0v) is 29.2. The number of ether oxygens (including phenoxy) is 1. The third kappa shape index (κ3) is 8.51. The van der Waals surface area contributed by atoms with Crippen LogP contribution in [-0.4, -0.2) is 68.4 Å². The van der Waals surface area contributed by atoms with E-state index in [1.54, 1.807) is 36.5 Å². The van der Waals surface area contributed by atoms with Gasteiger partial charge in [-0.3, -0.25) is 15.0 Å². The molecule has 0 saturated carbocycles. The lowest BCUT2D eigenvalue weighted by Gasteiger charge is -2.29. The molecule has 0 radical (unpaired) electrons. The second kappa shape index (κ2) is 16.3. The van der Waals surface area contributed by atoms with Crippen LogP contribution in [0.2, 0.25) is 0 Å². The minimum absolute atomic E-state index is 0.0887. The van der Waals surface area contributed by atoms with Crippen molar-refractivity contribution in [3.8, 4) is 16.5 Å². The average molecular weight is 697 g/mol. The minimum atomic E-state index is -0.286. The van der Waals surface area contributed by atoms with Gasteiger partial charge in [0.25, 0.3) is 5.91 Å². The van der Waals surface area contributed by atoms with Gasteiger partial charge in [-0.2, -0.15) is 0 Å². The van der Waals surface area contributed by atoms with Gasteiger partial charge in [-0.25, -0.2) is 9.78 Å². The summed E-state index contributed by atoms with van der Waals surface area (Å²) >= 11 is 1.19. The first-order valence-corrected chi connectivity index (χ1v) is 18.0. The van der Waals surface area contributed by atoms with E-state index in [1.165, 1.54) is 22.3 Å². The Bertz CT molecular complexity index is 1910. The number of piperidine rings is 1. The highest BCUT2D eigenvalue weighted by Gasteiger charge is 2.20. The Morgan fingerprint density at radius 1 is 1.00 bits per heavy atom. The molecule has 11 nitrogen and oxygen atoms in total. The van der Waals surface area contributed by atoms with E-state index in [9.17, 15) is 19.8 Å². The Labute approximate surface area is 295 Å². The lowest BCUT2D eigenvalue weighted by Crippen LogP contribution is -2.37. The number of nitrogens with zero attached hydrogens (tertiary/aromatic N) is 3. The van der Waals surface area contributed by atoms with Crippen molar-refractivity contribution in [3.63, 3.8) is 0 Å². The molecule has 2 aromatic heterocycles. The Hall–Kier alpha value is -4.75. The maximum atomic E-state index is 13.2. The van der Waals surface area contributed by atoms with Crippen LogP contribution in [0.25, 0.3) is 16.6 Å². The fourth-order valence-corrected chi connectivity index (χ4v) is 6.92. The highest BCUT2D eigenvalue weighted by atomic mass is 32.1. The molecule has 6 rings (SSSR count). The van der Waals surface area contributed by atoms with E-state index in [0.717, 1.165) is 62.1 Å². The molecule has 5 aromatic rings. The molecule has 0 atom stereocenters. The van der Waals surface area contributed by atoms with Gasteiger partial charge in [-0.15, -0.1) is 0 Å². The number of hydrogen-bond donors (Lipinski definition) is 5. The van der Waals surface area contributed by atoms with Gasteiger partial charge in [-0.1, -0.05) is 43.4 Å². The van der Waals surface area contributed by atoms with Crippen LogP contribution in [-0.2, 0) is 13.0 Å². The Kier molecular flexibility index (Phi) is 11.4. The molecule has 1 aliphatic heterocycles. The van der Waals surface area contributed by atoms with Crippen molar-refractivity contribution in [1.82, 2.24) is 19.8 Å². The predicted octanol–water partition coefficient (Wildman–Crippen LogP) is 6.93. The molecule has 0 bridgehead atoms. The van der Waals surface area contributed by atoms with Gasteiger partial charge in [-0.05, 0) is 91.8 Å². The standard InChI is InChI=1S/C38H44N6O5S/c1-3-28(4-2)40-37(48)41-29-11-14-34(26(21-29)17-20-45)49-35-22-39-38(50-35)42-36(47)25-9-12-30(13-10-25)44-24-27(32-7-5-6-8-33(32)44)23-43-18-15-31(46)16-19-43/h5-14,21-22,24,28,31,45-46H,3-4,15-20,23H2,1-2H3,(H,39,42,47)(H2,40,41,48). The zero-order chi connectivity index (χ0) is 35.0. The molecule has 0 aliphatic carbocycles. The topological polar surface area (TPSA) is 141 Å². The Morgan fingerprint density at radius 3 is 2.50 bits per heavy atom. The summed E-state index contributed by atoms with van der Waals surface area (Å²) in [4.78, 5) is 32.3. The number of hydrogen-bond acceptors (Lipinski definition) is 8. The van der Waals surface area contributed by atoms with E-state index in [-0.39, 0.29) is 30.7 Å². The number of aliphatic hydroxyl groups is 2. The van der Waals surface area contributed by atoms with Crippen LogP contribution < -0.4 is 20.7 Å². The molecule has 1 saturated heterocycles. The summed E-state index contributed by atoms with van der Waals surface area (Å²) in [5, 5.41) is 30.3. The van der Waals surface area contributed by atoms with E-state index < -0.39 is 0 Å². The summed E-state index contributed by atoms with van der Waals surface area (Å²) in [6, 6.07) is 20.9. The number of carbonyl (C=O) groups is 2. The number of carbonyl (C=O) groups excluding carboxylic acids is 2. The molecule has 12 heteroatoms.